The van der Waals surface area contributed by atoms with E-state index in [4.69, 9.17) is 16.0 Å². The van der Waals surface area contributed by atoms with Crippen LogP contribution in [-0.4, -0.2) is 4.98 Å². The number of rotatable bonds is 0. The summed E-state index contributed by atoms with van der Waals surface area (Å²) < 4.78 is 17.7. The summed E-state index contributed by atoms with van der Waals surface area (Å²) in [5.41, 5.74) is -0.421. The van der Waals surface area contributed by atoms with Crippen molar-refractivity contribution in [1.29, 1.82) is 0 Å². The van der Waals surface area contributed by atoms with Crippen molar-refractivity contribution >= 4 is 22.5 Å². The molecule has 0 saturated heterocycles. The Morgan fingerprint density at radius 3 is 2.93 bits per heavy atom. The highest BCUT2D eigenvalue weighted by Crippen LogP contribution is 2.22. The lowest BCUT2D eigenvalue weighted by Crippen LogP contribution is -2.03. The summed E-state index contributed by atoms with van der Waals surface area (Å²) in [5.74, 6) is -0.438. The summed E-state index contributed by atoms with van der Waals surface area (Å²) in [5, 5.41) is 0.0282. The molecule has 2 aromatic rings. The number of aromatic nitrogens is 1. The van der Waals surface area contributed by atoms with E-state index >= 15 is 0 Å². The number of fused-ring (bicyclic) bond motifs is 1. The van der Waals surface area contributed by atoms with Gasteiger partial charge in [-0.1, -0.05) is 11.6 Å². The first-order valence-corrected chi connectivity index (χ1v) is 4.23. The molecule has 2 rings (SSSR count). The third-order valence-electron chi connectivity index (χ3n) is 1.80. The predicted octanol–water partition coefficient (Wildman–Crippen LogP) is 2.29. The predicted molar refractivity (Wildman–Crippen MR) is 50.0 cm³/mol. The molecule has 0 aliphatic rings. The fourth-order valence-electron chi connectivity index (χ4n) is 1.18. The van der Waals surface area contributed by atoms with Crippen LogP contribution in [0.3, 0.4) is 0 Å². The van der Waals surface area contributed by atoms with Gasteiger partial charge in [-0.2, -0.15) is 0 Å². The van der Waals surface area contributed by atoms with E-state index in [-0.39, 0.29) is 21.8 Å². The van der Waals surface area contributed by atoms with Crippen LogP contribution in [0.5, 0.6) is 0 Å². The Labute approximate surface area is 83.1 Å². The minimum atomic E-state index is -0.600. The molecule has 0 unspecified atom stereocenters. The van der Waals surface area contributed by atoms with E-state index in [0.717, 1.165) is 6.07 Å². The zero-order valence-corrected chi connectivity index (χ0v) is 7.93. The molecule has 0 fully saturated rings. The van der Waals surface area contributed by atoms with Crippen LogP contribution in [0.15, 0.2) is 21.3 Å². The van der Waals surface area contributed by atoms with Crippen molar-refractivity contribution in [3.63, 3.8) is 0 Å². The van der Waals surface area contributed by atoms with Gasteiger partial charge in [0.2, 0.25) is 0 Å². The van der Waals surface area contributed by atoms with E-state index in [0.29, 0.717) is 0 Å². The molecule has 3 nitrogen and oxygen atoms in total. The highest BCUT2D eigenvalue weighted by molar-refractivity contribution is 6.35. The van der Waals surface area contributed by atoms with Gasteiger partial charge in [0.15, 0.2) is 5.89 Å². The summed E-state index contributed by atoms with van der Waals surface area (Å²) in [4.78, 5) is 15.1. The minimum Gasteiger partial charge on any atom is -0.408 e. The van der Waals surface area contributed by atoms with Gasteiger partial charge in [0, 0.05) is 6.92 Å². The van der Waals surface area contributed by atoms with Crippen LogP contribution < -0.4 is 5.63 Å². The van der Waals surface area contributed by atoms with Crippen molar-refractivity contribution in [3.05, 3.63) is 39.3 Å². The van der Waals surface area contributed by atoms with Crippen LogP contribution in [0, 0.1) is 12.7 Å². The van der Waals surface area contributed by atoms with E-state index in [9.17, 15) is 9.18 Å². The van der Waals surface area contributed by atoms with Crippen molar-refractivity contribution in [3.8, 4) is 0 Å². The van der Waals surface area contributed by atoms with E-state index in [1.54, 1.807) is 0 Å². The van der Waals surface area contributed by atoms with Gasteiger partial charge in [-0.3, -0.25) is 0 Å². The van der Waals surface area contributed by atoms with Crippen molar-refractivity contribution in [2.75, 3.05) is 0 Å². The van der Waals surface area contributed by atoms with Crippen LogP contribution in [0.4, 0.5) is 4.39 Å². The lowest BCUT2D eigenvalue weighted by molar-refractivity contribution is 0.467. The Balaban J connectivity index is 3.03. The molecule has 0 bridgehead atoms. The number of halogens is 2. The molecule has 0 amide bonds. The van der Waals surface area contributed by atoms with Crippen LogP contribution in [-0.2, 0) is 0 Å². The average molecular weight is 214 g/mol. The van der Waals surface area contributed by atoms with E-state index in [2.05, 4.69) is 4.98 Å². The molecule has 0 spiro atoms. The lowest BCUT2D eigenvalue weighted by atomic mass is 10.2. The van der Waals surface area contributed by atoms with Gasteiger partial charge in [0.1, 0.15) is 16.4 Å². The summed E-state index contributed by atoms with van der Waals surface area (Å²) in [6, 6.07) is 2.41. The van der Waals surface area contributed by atoms with Crippen molar-refractivity contribution < 1.29 is 8.81 Å². The van der Waals surface area contributed by atoms with Gasteiger partial charge in [0.25, 0.3) is 0 Å². The second kappa shape index (κ2) is 3.06. The Hall–Kier alpha value is -1.42. The molecule has 72 valence electrons. The average Bonchev–Trinajstić information content (AvgIpc) is 2.12. The molecule has 0 saturated carbocycles. The Morgan fingerprint density at radius 1 is 1.50 bits per heavy atom. The molecule has 5 heteroatoms. The summed E-state index contributed by atoms with van der Waals surface area (Å²) in [7, 11) is 0. The molecule has 14 heavy (non-hydrogen) atoms. The third kappa shape index (κ3) is 1.28. The summed E-state index contributed by atoms with van der Waals surface area (Å²) in [6.07, 6.45) is 0. The summed E-state index contributed by atoms with van der Waals surface area (Å²) in [6.45, 7) is 1.50. The van der Waals surface area contributed by atoms with Crippen molar-refractivity contribution in [2.24, 2.45) is 0 Å². The fourth-order valence-corrected chi connectivity index (χ4v) is 1.39. The number of nitrogens with zero attached hydrogens (tertiary/aromatic N) is 1. The van der Waals surface area contributed by atoms with Crippen molar-refractivity contribution in [2.45, 2.75) is 6.92 Å². The monoisotopic (exact) mass is 213 g/mol. The molecule has 0 aliphatic carbocycles. The molecule has 0 aliphatic heterocycles. The normalized spacial score (nSPS) is 10.8. The largest absolute Gasteiger partial charge is 0.408 e. The van der Waals surface area contributed by atoms with Crippen LogP contribution in [0.2, 0.25) is 5.02 Å². The SMILES string of the molecule is Cc1nc2c(Cl)c(F)ccc2c(=O)o1. The van der Waals surface area contributed by atoms with Gasteiger partial charge < -0.3 is 4.42 Å². The van der Waals surface area contributed by atoms with E-state index < -0.39 is 11.4 Å². The second-order valence-electron chi connectivity index (χ2n) is 2.78. The zero-order chi connectivity index (χ0) is 10.3. The van der Waals surface area contributed by atoms with Crippen molar-refractivity contribution in [1.82, 2.24) is 4.98 Å². The topological polar surface area (TPSA) is 43.1 Å². The Kier molecular flexibility index (Phi) is 2.00. The minimum absolute atomic E-state index is 0.139. The second-order valence-corrected chi connectivity index (χ2v) is 3.16. The first-order valence-electron chi connectivity index (χ1n) is 3.85. The van der Waals surface area contributed by atoms with Gasteiger partial charge in [0.05, 0.1) is 5.39 Å². The first kappa shape index (κ1) is 9.15. The molecule has 0 N–H and O–H groups in total. The molecular weight excluding hydrogens is 209 g/mol. The quantitative estimate of drug-likeness (QED) is 0.674. The number of aryl methyl sites for hydroxylation is 1. The summed E-state index contributed by atoms with van der Waals surface area (Å²) >= 11 is 5.65. The highest BCUT2D eigenvalue weighted by atomic mass is 35.5. The Morgan fingerprint density at radius 2 is 2.21 bits per heavy atom. The molecule has 1 heterocycles. The number of hydrogen-bond acceptors (Lipinski definition) is 3. The third-order valence-corrected chi connectivity index (χ3v) is 2.16. The zero-order valence-electron chi connectivity index (χ0n) is 7.17. The van der Waals surface area contributed by atoms with Gasteiger partial charge >= 0.3 is 5.63 Å². The molecular formula is C9H5ClFNO2. The van der Waals surface area contributed by atoms with Gasteiger partial charge in [-0.25, -0.2) is 14.2 Å². The lowest BCUT2D eigenvalue weighted by Gasteiger charge is -1.99. The number of benzene rings is 1. The highest BCUT2D eigenvalue weighted by Gasteiger charge is 2.10. The van der Waals surface area contributed by atoms with E-state index in [1.165, 1.54) is 13.0 Å². The standard InChI is InChI=1S/C9H5ClFNO2/c1-4-12-8-5(9(13)14-4)2-3-6(11)7(8)10/h2-3H,1H3. The molecule has 0 atom stereocenters. The van der Waals surface area contributed by atoms with Gasteiger partial charge in [-0.05, 0) is 12.1 Å². The number of hydrogen-bond donors (Lipinski definition) is 0. The maximum Gasteiger partial charge on any atom is 0.346 e. The van der Waals surface area contributed by atoms with Crippen LogP contribution >= 0.6 is 11.6 Å². The van der Waals surface area contributed by atoms with E-state index in [1.807, 2.05) is 0 Å². The maximum atomic E-state index is 13.0. The Bertz CT molecular complexity index is 564. The fraction of sp³-hybridized carbons (Fsp3) is 0.111. The first-order chi connectivity index (χ1) is 6.59. The molecule has 0 radical (unpaired) electrons. The van der Waals surface area contributed by atoms with Crippen LogP contribution in [0.1, 0.15) is 5.89 Å². The molecule has 1 aromatic carbocycles. The molecule has 1 aromatic heterocycles. The smallest absolute Gasteiger partial charge is 0.346 e. The maximum absolute atomic E-state index is 13.0. The van der Waals surface area contributed by atoms with Gasteiger partial charge in [-0.15, -0.1) is 0 Å². The van der Waals surface area contributed by atoms with Crippen LogP contribution in [0.25, 0.3) is 10.9 Å².